The van der Waals surface area contributed by atoms with Gasteiger partial charge in [0.25, 0.3) is 0 Å². The number of nitrogens with one attached hydrogen (secondary N) is 1. The molecule has 1 heterocycles. The van der Waals surface area contributed by atoms with Gasteiger partial charge in [-0.2, -0.15) is 4.98 Å². The molecule has 138 valence electrons. The number of nitrogens with zero attached hydrogens (tertiary/aromatic N) is 2. The molecular formula is C19H17BrN4O3. The van der Waals surface area contributed by atoms with Crippen molar-refractivity contribution in [3.05, 3.63) is 64.9 Å². The SMILES string of the molecule is CCOC(=O)c1ccc(Nc2ncnc(Oc3ccc(Br)cc3)c2N)cc1. The number of rotatable bonds is 6. The molecule has 1 aromatic heterocycles. The number of carbonyl (C=O) groups is 1. The average molecular weight is 429 g/mol. The van der Waals surface area contributed by atoms with Gasteiger partial charge in [0, 0.05) is 10.2 Å². The van der Waals surface area contributed by atoms with Crippen molar-refractivity contribution in [3.8, 4) is 11.6 Å². The maximum absolute atomic E-state index is 11.7. The molecule has 0 bridgehead atoms. The molecule has 0 unspecified atom stereocenters. The van der Waals surface area contributed by atoms with E-state index in [1.54, 1.807) is 43.3 Å². The Balaban J connectivity index is 1.75. The molecule has 0 aliphatic heterocycles. The number of hydrogen-bond donors (Lipinski definition) is 2. The van der Waals surface area contributed by atoms with Crippen LogP contribution in [0.15, 0.2) is 59.3 Å². The lowest BCUT2D eigenvalue weighted by Gasteiger charge is -2.12. The van der Waals surface area contributed by atoms with Crippen molar-refractivity contribution in [1.29, 1.82) is 0 Å². The molecule has 7 nitrogen and oxygen atoms in total. The summed E-state index contributed by atoms with van der Waals surface area (Å²) in [5.41, 5.74) is 7.58. The molecule has 0 amide bonds. The Hall–Kier alpha value is -3.13. The molecule has 8 heteroatoms. The fourth-order valence-electron chi connectivity index (χ4n) is 2.22. The molecule has 0 spiro atoms. The number of nitrogens with two attached hydrogens (primary N) is 1. The zero-order chi connectivity index (χ0) is 19.2. The lowest BCUT2D eigenvalue weighted by Crippen LogP contribution is -2.05. The van der Waals surface area contributed by atoms with E-state index < -0.39 is 0 Å². The highest BCUT2D eigenvalue weighted by Crippen LogP contribution is 2.31. The van der Waals surface area contributed by atoms with E-state index in [-0.39, 0.29) is 17.5 Å². The summed E-state index contributed by atoms with van der Waals surface area (Å²) in [6, 6.07) is 14.1. The number of anilines is 3. The Labute approximate surface area is 164 Å². The monoisotopic (exact) mass is 428 g/mol. The summed E-state index contributed by atoms with van der Waals surface area (Å²) >= 11 is 3.37. The van der Waals surface area contributed by atoms with E-state index in [4.69, 9.17) is 15.2 Å². The first-order valence-corrected chi connectivity index (χ1v) is 8.94. The van der Waals surface area contributed by atoms with E-state index in [9.17, 15) is 4.79 Å². The van der Waals surface area contributed by atoms with Crippen molar-refractivity contribution in [1.82, 2.24) is 9.97 Å². The summed E-state index contributed by atoms with van der Waals surface area (Å²) in [7, 11) is 0. The third-order valence-electron chi connectivity index (χ3n) is 3.53. The van der Waals surface area contributed by atoms with Crippen LogP contribution in [0.4, 0.5) is 17.2 Å². The van der Waals surface area contributed by atoms with Crippen LogP contribution in [-0.4, -0.2) is 22.5 Å². The number of nitrogen functional groups attached to an aromatic ring is 1. The van der Waals surface area contributed by atoms with Crippen molar-refractivity contribution in [3.63, 3.8) is 0 Å². The van der Waals surface area contributed by atoms with Gasteiger partial charge in [0.05, 0.1) is 12.2 Å². The van der Waals surface area contributed by atoms with E-state index in [1.807, 2.05) is 12.1 Å². The van der Waals surface area contributed by atoms with E-state index >= 15 is 0 Å². The molecule has 3 N–H and O–H groups in total. The van der Waals surface area contributed by atoms with Gasteiger partial charge in [-0.1, -0.05) is 15.9 Å². The van der Waals surface area contributed by atoms with E-state index in [0.717, 1.165) is 4.47 Å². The molecule has 0 saturated heterocycles. The molecule has 3 rings (SSSR count). The van der Waals surface area contributed by atoms with Gasteiger partial charge in [-0.15, -0.1) is 0 Å². The van der Waals surface area contributed by atoms with Gasteiger partial charge in [-0.05, 0) is 55.5 Å². The summed E-state index contributed by atoms with van der Waals surface area (Å²) in [5.74, 6) is 0.892. The van der Waals surface area contributed by atoms with Crippen molar-refractivity contribution in [2.45, 2.75) is 6.92 Å². The minimum atomic E-state index is -0.365. The van der Waals surface area contributed by atoms with Gasteiger partial charge in [-0.3, -0.25) is 0 Å². The first-order valence-electron chi connectivity index (χ1n) is 8.15. The summed E-state index contributed by atoms with van der Waals surface area (Å²) in [4.78, 5) is 19.9. The summed E-state index contributed by atoms with van der Waals surface area (Å²) in [6.07, 6.45) is 1.36. The smallest absolute Gasteiger partial charge is 0.338 e. The second-order valence-corrected chi connectivity index (χ2v) is 6.34. The molecule has 3 aromatic rings. The van der Waals surface area contributed by atoms with Gasteiger partial charge in [0.2, 0.25) is 5.88 Å². The molecule has 0 radical (unpaired) electrons. The van der Waals surface area contributed by atoms with Crippen molar-refractivity contribution < 1.29 is 14.3 Å². The number of esters is 1. The lowest BCUT2D eigenvalue weighted by molar-refractivity contribution is 0.0526. The minimum Gasteiger partial charge on any atom is -0.462 e. The number of ether oxygens (including phenoxy) is 2. The minimum absolute atomic E-state index is 0.248. The number of hydrogen-bond acceptors (Lipinski definition) is 7. The first kappa shape index (κ1) is 18.7. The quantitative estimate of drug-likeness (QED) is 0.556. The number of carbonyl (C=O) groups excluding carboxylic acids is 1. The Morgan fingerprint density at radius 3 is 2.48 bits per heavy atom. The van der Waals surface area contributed by atoms with Gasteiger partial charge in [0.15, 0.2) is 5.82 Å². The summed E-state index contributed by atoms with van der Waals surface area (Å²) < 4.78 is 11.6. The molecule has 0 aliphatic carbocycles. The Bertz CT molecular complexity index is 931. The maximum Gasteiger partial charge on any atom is 0.338 e. The summed E-state index contributed by atoms with van der Waals surface area (Å²) in [6.45, 7) is 2.09. The topological polar surface area (TPSA) is 99.4 Å². The first-order chi connectivity index (χ1) is 13.1. The van der Waals surface area contributed by atoms with Crippen LogP contribution in [-0.2, 0) is 4.74 Å². The number of benzene rings is 2. The van der Waals surface area contributed by atoms with E-state index in [1.165, 1.54) is 6.33 Å². The highest BCUT2D eigenvalue weighted by molar-refractivity contribution is 9.10. The van der Waals surface area contributed by atoms with Crippen LogP contribution < -0.4 is 15.8 Å². The van der Waals surface area contributed by atoms with Crippen LogP contribution in [0.3, 0.4) is 0 Å². The molecule has 27 heavy (non-hydrogen) atoms. The molecule has 0 fully saturated rings. The third-order valence-corrected chi connectivity index (χ3v) is 4.06. The zero-order valence-corrected chi connectivity index (χ0v) is 16.1. The lowest BCUT2D eigenvalue weighted by atomic mass is 10.2. The normalized spacial score (nSPS) is 10.3. The molecule has 0 atom stereocenters. The Morgan fingerprint density at radius 2 is 1.81 bits per heavy atom. The van der Waals surface area contributed by atoms with E-state index in [2.05, 4.69) is 31.2 Å². The molecule has 2 aromatic carbocycles. The van der Waals surface area contributed by atoms with Crippen LogP contribution in [0.2, 0.25) is 0 Å². The van der Waals surface area contributed by atoms with Crippen LogP contribution in [0, 0.1) is 0 Å². The third kappa shape index (κ3) is 4.73. The molecule has 0 saturated carbocycles. The highest BCUT2D eigenvalue weighted by atomic mass is 79.9. The second kappa shape index (κ2) is 8.50. The highest BCUT2D eigenvalue weighted by Gasteiger charge is 2.11. The van der Waals surface area contributed by atoms with Gasteiger partial charge < -0.3 is 20.5 Å². The van der Waals surface area contributed by atoms with Crippen molar-refractivity contribution in [2.24, 2.45) is 0 Å². The maximum atomic E-state index is 11.7. The Kier molecular flexibility index (Phi) is 5.87. The van der Waals surface area contributed by atoms with Crippen molar-refractivity contribution in [2.75, 3.05) is 17.7 Å². The van der Waals surface area contributed by atoms with Crippen LogP contribution in [0.5, 0.6) is 11.6 Å². The van der Waals surface area contributed by atoms with Crippen LogP contribution >= 0.6 is 15.9 Å². The fourth-order valence-corrected chi connectivity index (χ4v) is 2.48. The van der Waals surface area contributed by atoms with Gasteiger partial charge >= 0.3 is 5.97 Å². The predicted molar refractivity (Wildman–Crippen MR) is 106 cm³/mol. The van der Waals surface area contributed by atoms with Crippen LogP contribution in [0.25, 0.3) is 0 Å². The zero-order valence-electron chi connectivity index (χ0n) is 14.5. The Morgan fingerprint density at radius 1 is 1.11 bits per heavy atom. The standard InChI is InChI=1S/C19H17BrN4O3/c1-2-26-19(25)12-3-7-14(8-4-12)24-17-16(21)18(23-11-22-17)27-15-9-5-13(20)6-10-15/h3-11H,2,21H2,1H3,(H,22,23,24). The molecule has 0 aliphatic rings. The predicted octanol–water partition coefficient (Wildman–Crippen LogP) is 4.53. The second-order valence-electron chi connectivity index (χ2n) is 5.42. The average Bonchev–Trinajstić information content (AvgIpc) is 2.67. The number of aromatic nitrogens is 2. The van der Waals surface area contributed by atoms with Crippen molar-refractivity contribution >= 4 is 39.1 Å². The van der Waals surface area contributed by atoms with Gasteiger partial charge in [-0.25, -0.2) is 9.78 Å². The van der Waals surface area contributed by atoms with Gasteiger partial charge in [0.1, 0.15) is 17.8 Å². The van der Waals surface area contributed by atoms with E-state index in [0.29, 0.717) is 29.4 Å². The fraction of sp³-hybridized carbons (Fsp3) is 0.105. The van der Waals surface area contributed by atoms with Crippen LogP contribution in [0.1, 0.15) is 17.3 Å². The molecular weight excluding hydrogens is 412 g/mol. The largest absolute Gasteiger partial charge is 0.462 e. The number of halogens is 1. The summed E-state index contributed by atoms with van der Waals surface area (Å²) in [5, 5.41) is 3.09.